The van der Waals surface area contributed by atoms with Gasteiger partial charge in [-0.25, -0.2) is 4.98 Å². The second-order valence-corrected chi connectivity index (χ2v) is 4.70. The minimum atomic E-state index is -0.223. The van der Waals surface area contributed by atoms with Crippen molar-refractivity contribution in [2.75, 3.05) is 5.73 Å². The number of hydrogen-bond acceptors (Lipinski definition) is 3. The van der Waals surface area contributed by atoms with Gasteiger partial charge in [0, 0.05) is 5.54 Å². The Labute approximate surface area is 107 Å². The van der Waals surface area contributed by atoms with Gasteiger partial charge in [-0.05, 0) is 25.8 Å². The summed E-state index contributed by atoms with van der Waals surface area (Å²) in [6.45, 7) is 6.07. The molecule has 0 saturated carbocycles. The van der Waals surface area contributed by atoms with E-state index in [4.69, 9.17) is 17.3 Å². The van der Waals surface area contributed by atoms with Crippen molar-refractivity contribution in [1.82, 2.24) is 10.3 Å². The molecule has 94 valence electrons. The topological polar surface area (TPSA) is 68.0 Å². The van der Waals surface area contributed by atoms with Gasteiger partial charge < -0.3 is 11.1 Å². The molecule has 1 heterocycles. The highest BCUT2D eigenvalue weighted by atomic mass is 35.5. The molecular weight excluding hydrogens is 238 g/mol. The van der Waals surface area contributed by atoms with Crippen LogP contribution in [0.4, 0.5) is 5.69 Å². The van der Waals surface area contributed by atoms with Crippen LogP contribution in [0.2, 0.25) is 5.15 Å². The number of carbonyl (C=O) groups excluding carboxylic acids is 1. The Morgan fingerprint density at radius 3 is 2.65 bits per heavy atom. The zero-order chi connectivity index (χ0) is 13.1. The number of pyridine rings is 1. The third-order valence-electron chi connectivity index (χ3n) is 3.12. The minimum absolute atomic E-state index is 0.210. The van der Waals surface area contributed by atoms with E-state index in [9.17, 15) is 4.79 Å². The molecule has 0 atom stereocenters. The molecule has 17 heavy (non-hydrogen) atoms. The predicted molar refractivity (Wildman–Crippen MR) is 70.1 cm³/mol. The summed E-state index contributed by atoms with van der Waals surface area (Å²) in [4.78, 5) is 15.9. The molecule has 0 spiro atoms. The lowest BCUT2D eigenvalue weighted by atomic mass is 9.95. The fraction of sp³-hybridized carbons (Fsp3) is 0.500. The molecule has 0 unspecified atom stereocenters. The summed E-state index contributed by atoms with van der Waals surface area (Å²) >= 11 is 5.75. The lowest BCUT2D eigenvalue weighted by Gasteiger charge is -2.28. The molecular formula is C12H18ClN3O. The predicted octanol–water partition coefficient (Wildman–Crippen LogP) is 2.63. The van der Waals surface area contributed by atoms with Crippen molar-refractivity contribution in [2.45, 2.75) is 39.2 Å². The number of aromatic nitrogens is 1. The number of anilines is 1. The van der Waals surface area contributed by atoms with Gasteiger partial charge >= 0.3 is 0 Å². The molecule has 3 N–H and O–H groups in total. The molecule has 0 saturated heterocycles. The maximum absolute atomic E-state index is 12.1. The van der Waals surface area contributed by atoms with E-state index in [1.54, 1.807) is 0 Å². The van der Waals surface area contributed by atoms with Crippen LogP contribution < -0.4 is 11.1 Å². The van der Waals surface area contributed by atoms with Crippen LogP contribution in [-0.2, 0) is 0 Å². The zero-order valence-corrected chi connectivity index (χ0v) is 11.1. The Kier molecular flexibility index (Phi) is 4.34. The first-order valence-electron chi connectivity index (χ1n) is 5.65. The lowest BCUT2D eigenvalue weighted by molar-refractivity contribution is 0.0902. The number of nitrogen functional groups attached to an aromatic ring is 1. The maximum Gasteiger partial charge on any atom is 0.253 e. The van der Waals surface area contributed by atoms with E-state index in [2.05, 4.69) is 10.3 Å². The lowest BCUT2D eigenvalue weighted by Crippen LogP contribution is -2.45. The molecule has 0 aliphatic heterocycles. The van der Waals surface area contributed by atoms with Gasteiger partial charge in [0.05, 0.1) is 17.4 Å². The molecule has 0 aliphatic carbocycles. The van der Waals surface area contributed by atoms with Crippen LogP contribution in [0.25, 0.3) is 0 Å². The SMILES string of the molecule is CCC(C)(CC)NC(=O)c1cc(Cl)ncc1N. The van der Waals surface area contributed by atoms with E-state index < -0.39 is 0 Å². The molecule has 1 aromatic rings. The van der Waals surface area contributed by atoms with E-state index in [1.807, 2.05) is 20.8 Å². The van der Waals surface area contributed by atoms with Crippen molar-refractivity contribution < 1.29 is 4.79 Å². The summed E-state index contributed by atoms with van der Waals surface area (Å²) in [5.74, 6) is -0.210. The number of nitrogens with zero attached hydrogens (tertiary/aromatic N) is 1. The van der Waals surface area contributed by atoms with Crippen LogP contribution >= 0.6 is 11.6 Å². The molecule has 4 nitrogen and oxygen atoms in total. The van der Waals surface area contributed by atoms with Crippen LogP contribution in [0.1, 0.15) is 44.0 Å². The third-order valence-corrected chi connectivity index (χ3v) is 3.33. The number of halogens is 1. The number of carbonyl (C=O) groups is 1. The quantitative estimate of drug-likeness (QED) is 0.813. The van der Waals surface area contributed by atoms with Crippen molar-refractivity contribution in [2.24, 2.45) is 0 Å². The molecule has 1 aromatic heterocycles. The molecule has 0 aliphatic rings. The molecule has 0 fully saturated rings. The van der Waals surface area contributed by atoms with Crippen molar-refractivity contribution in [3.63, 3.8) is 0 Å². The first kappa shape index (κ1) is 13.8. The van der Waals surface area contributed by atoms with Gasteiger partial charge in [0.2, 0.25) is 0 Å². The van der Waals surface area contributed by atoms with Gasteiger partial charge in [0.25, 0.3) is 5.91 Å². The van der Waals surface area contributed by atoms with Crippen molar-refractivity contribution in [3.05, 3.63) is 23.0 Å². The number of nitrogens with one attached hydrogen (secondary N) is 1. The fourth-order valence-corrected chi connectivity index (χ4v) is 1.56. The van der Waals surface area contributed by atoms with Crippen LogP contribution in [0.15, 0.2) is 12.3 Å². The molecule has 0 aromatic carbocycles. The van der Waals surface area contributed by atoms with Crippen molar-refractivity contribution in [1.29, 1.82) is 0 Å². The Morgan fingerprint density at radius 2 is 2.12 bits per heavy atom. The number of amides is 1. The molecule has 0 bridgehead atoms. The molecule has 0 radical (unpaired) electrons. The van der Waals surface area contributed by atoms with Gasteiger partial charge in [-0.15, -0.1) is 0 Å². The third kappa shape index (κ3) is 3.33. The highest BCUT2D eigenvalue weighted by molar-refractivity contribution is 6.29. The number of nitrogens with two attached hydrogens (primary N) is 1. The van der Waals surface area contributed by atoms with E-state index in [1.165, 1.54) is 12.3 Å². The van der Waals surface area contributed by atoms with E-state index in [0.717, 1.165) is 12.8 Å². The highest BCUT2D eigenvalue weighted by Gasteiger charge is 2.23. The van der Waals surface area contributed by atoms with Gasteiger partial charge in [0.1, 0.15) is 5.15 Å². The van der Waals surface area contributed by atoms with Crippen LogP contribution in [0, 0.1) is 0 Å². The summed E-state index contributed by atoms with van der Waals surface area (Å²) < 4.78 is 0. The molecule has 1 amide bonds. The van der Waals surface area contributed by atoms with Gasteiger partial charge in [-0.3, -0.25) is 4.79 Å². The van der Waals surface area contributed by atoms with E-state index in [-0.39, 0.29) is 16.6 Å². The smallest absolute Gasteiger partial charge is 0.253 e. The standard InChI is InChI=1S/C12H18ClN3O/c1-4-12(3,5-2)16-11(17)8-6-10(13)15-7-9(8)14/h6-7H,4-5,14H2,1-3H3,(H,16,17). The summed E-state index contributed by atoms with van der Waals surface area (Å²) in [5.41, 5.74) is 6.20. The largest absolute Gasteiger partial charge is 0.397 e. The van der Waals surface area contributed by atoms with Crippen molar-refractivity contribution >= 4 is 23.2 Å². The average molecular weight is 256 g/mol. The second kappa shape index (κ2) is 5.36. The normalized spacial score (nSPS) is 11.3. The number of rotatable bonds is 4. The Bertz CT molecular complexity index is 416. The Balaban J connectivity index is 2.94. The first-order chi connectivity index (χ1) is 7.91. The average Bonchev–Trinajstić information content (AvgIpc) is 2.32. The minimum Gasteiger partial charge on any atom is -0.397 e. The van der Waals surface area contributed by atoms with E-state index in [0.29, 0.717) is 11.3 Å². The van der Waals surface area contributed by atoms with Gasteiger partial charge in [-0.1, -0.05) is 25.4 Å². The zero-order valence-electron chi connectivity index (χ0n) is 10.4. The molecule has 1 rings (SSSR count). The van der Waals surface area contributed by atoms with Crippen LogP contribution in [0.5, 0.6) is 0 Å². The van der Waals surface area contributed by atoms with Crippen LogP contribution in [0.3, 0.4) is 0 Å². The van der Waals surface area contributed by atoms with Crippen molar-refractivity contribution in [3.8, 4) is 0 Å². The summed E-state index contributed by atoms with van der Waals surface area (Å²) in [6, 6.07) is 1.48. The number of hydrogen-bond donors (Lipinski definition) is 2. The summed E-state index contributed by atoms with van der Waals surface area (Å²) in [5, 5.41) is 3.23. The first-order valence-corrected chi connectivity index (χ1v) is 6.03. The Morgan fingerprint density at radius 1 is 1.53 bits per heavy atom. The Hall–Kier alpha value is -1.29. The summed E-state index contributed by atoms with van der Waals surface area (Å²) in [6.07, 6.45) is 3.11. The van der Waals surface area contributed by atoms with Crippen LogP contribution in [-0.4, -0.2) is 16.4 Å². The second-order valence-electron chi connectivity index (χ2n) is 4.32. The van der Waals surface area contributed by atoms with Gasteiger partial charge in [0.15, 0.2) is 0 Å². The maximum atomic E-state index is 12.1. The monoisotopic (exact) mass is 255 g/mol. The summed E-state index contributed by atoms with van der Waals surface area (Å²) in [7, 11) is 0. The highest BCUT2D eigenvalue weighted by Crippen LogP contribution is 2.18. The fourth-order valence-electron chi connectivity index (χ4n) is 1.41. The van der Waals surface area contributed by atoms with E-state index >= 15 is 0 Å². The van der Waals surface area contributed by atoms with Gasteiger partial charge in [-0.2, -0.15) is 0 Å². The molecule has 5 heteroatoms.